The van der Waals surface area contributed by atoms with Crippen molar-refractivity contribution >= 4 is 12.6 Å². The maximum atomic E-state index is 6.22. The van der Waals surface area contributed by atoms with E-state index in [9.17, 15) is 0 Å². The van der Waals surface area contributed by atoms with Crippen LogP contribution >= 0.6 is 12.6 Å². The lowest BCUT2D eigenvalue weighted by Crippen LogP contribution is -2.37. The summed E-state index contributed by atoms with van der Waals surface area (Å²) in [5.74, 6) is 1.47. The summed E-state index contributed by atoms with van der Waals surface area (Å²) in [4.78, 5) is 0.831. The Morgan fingerprint density at radius 1 is 1.67 bits per heavy atom. The Morgan fingerprint density at radius 3 is 2.78 bits per heavy atom. The van der Waals surface area contributed by atoms with Gasteiger partial charge in [0.15, 0.2) is 0 Å². The first-order valence-corrected chi connectivity index (χ1v) is 7.24. The molecule has 1 rings (SSSR count). The summed E-state index contributed by atoms with van der Waals surface area (Å²) < 4.78 is 6.22. The summed E-state index contributed by atoms with van der Waals surface area (Å²) in [6, 6.07) is 0. The van der Waals surface area contributed by atoms with Crippen LogP contribution in [0.15, 0.2) is 35.0 Å². The van der Waals surface area contributed by atoms with E-state index in [1.54, 1.807) is 6.08 Å². The zero-order chi connectivity index (χ0) is 13.8. The molecule has 0 saturated heterocycles. The second-order valence-corrected chi connectivity index (χ2v) is 5.92. The molecule has 0 fully saturated rings. The maximum Gasteiger partial charge on any atom is 0.109 e. The molecule has 102 valence electrons. The molecule has 0 bridgehead atoms. The smallest absolute Gasteiger partial charge is 0.109 e. The number of hydrogen-bond acceptors (Lipinski definition) is 2. The molecule has 2 atom stereocenters. The van der Waals surface area contributed by atoms with Gasteiger partial charge in [-0.15, -0.1) is 12.6 Å². The number of rotatable bonds is 5. The van der Waals surface area contributed by atoms with E-state index in [-0.39, 0.29) is 5.60 Å². The van der Waals surface area contributed by atoms with Crippen LogP contribution in [-0.2, 0) is 4.74 Å². The van der Waals surface area contributed by atoms with Crippen LogP contribution in [0.1, 0.15) is 53.4 Å². The molecule has 0 spiro atoms. The van der Waals surface area contributed by atoms with E-state index < -0.39 is 0 Å². The average molecular weight is 266 g/mol. The highest BCUT2D eigenvalue weighted by Gasteiger charge is 2.35. The third-order valence-corrected chi connectivity index (χ3v) is 4.64. The van der Waals surface area contributed by atoms with Gasteiger partial charge in [-0.1, -0.05) is 31.2 Å². The van der Waals surface area contributed by atoms with E-state index in [4.69, 9.17) is 4.74 Å². The van der Waals surface area contributed by atoms with Gasteiger partial charge >= 0.3 is 0 Å². The van der Waals surface area contributed by atoms with Crippen molar-refractivity contribution in [1.29, 1.82) is 0 Å². The van der Waals surface area contributed by atoms with E-state index in [1.165, 1.54) is 18.4 Å². The molecule has 0 aromatic carbocycles. The number of ether oxygens (including phenoxy) is 1. The van der Waals surface area contributed by atoms with Crippen molar-refractivity contribution in [2.24, 2.45) is 5.92 Å². The predicted octanol–water partition coefficient (Wildman–Crippen LogP) is 5.27. The SMILES string of the molecule is C=C/C(S)=C(\C)O[C@@](C)(CC)[C@H]1CC=C(C)CC1. The molecule has 0 aliphatic heterocycles. The van der Waals surface area contributed by atoms with Gasteiger partial charge in [0.1, 0.15) is 11.4 Å². The van der Waals surface area contributed by atoms with Crippen LogP contribution in [0.25, 0.3) is 0 Å². The van der Waals surface area contributed by atoms with Gasteiger partial charge in [0.25, 0.3) is 0 Å². The molecular weight excluding hydrogens is 240 g/mol. The summed E-state index contributed by atoms with van der Waals surface area (Å²) >= 11 is 4.38. The van der Waals surface area contributed by atoms with E-state index in [0.717, 1.165) is 23.5 Å². The van der Waals surface area contributed by atoms with Gasteiger partial charge in [-0.3, -0.25) is 0 Å². The molecule has 0 N–H and O–H groups in total. The number of hydrogen-bond donors (Lipinski definition) is 1. The molecule has 2 heteroatoms. The number of thiol groups is 1. The van der Waals surface area contributed by atoms with Gasteiger partial charge in [0, 0.05) is 10.8 Å². The summed E-state index contributed by atoms with van der Waals surface area (Å²) in [5, 5.41) is 0. The molecule has 0 amide bonds. The molecule has 0 saturated carbocycles. The normalized spacial score (nSPS) is 24.7. The zero-order valence-electron chi connectivity index (χ0n) is 12.1. The minimum atomic E-state index is -0.0989. The van der Waals surface area contributed by atoms with Gasteiger partial charge in [0.2, 0.25) is 0 Å². The second-order valence-electron chi connectivity index (χ2n) is 5.44. The average Bonchev–Trinajstić information content (AvgIpc) is 2.38. The van der Waals surface area contributed by atoms with Crippen LogP contribution in [0.5, 0.6) is 0 Å². The Labute approximate surface area is 117 Å². The van der Waals surface area contributed by atoms with Crippen molar-refractivity contribution in [3.8, 4) is 0 Å². The van der Waals surface area contributed by atoms with Crippen LogP contribution in [0.2, 0.25) is 0 Å². The molecule has 18 heavy (non-hydrogen) atoms. The van der Waals surface area contributed by atoms with Crippen LogP contribution in [0.4, 0.5) is 0 Å². The Morgan fingerprint density at radius 2 is 2.33 bits per heavy atom. The molecular formula is C16H26OS. The Balaban J connectivity index is 2.83. The van der Waals surface area contributed by atoms with Crippen LogP contribution < -0.4 is 0 Å². The molecule has 1 aliphatic carbocycles. The van der Waals surface area contributed by atoms with Gasteiger partial charge in [-0.05, 0) is 46.5 Å². The standard InChI is InChI=1S/C16H26OS/c1-6-15(18)13(4)17-16(5,7-2)14-10-8-12(3)9-11-14/h6,8,14,18H,1,7,9-11H2,2-5H3/b15-13-/t14-,16-/m0/s1. The van der Waals surface area contributed by atoms with Crippen molar-refractivity contribution in [2.75, 3.05) is 0 Å². The van der Waals surface area contributed by atoms with Crippen LogP contribution in [0, 0.1) is 5.92 Å². The highest BCUT2D eigenvalue weighted by molar-refractivity contribution is 7.84. The summed E-state index contributed by atoms with van der Waals surface area (Å²) in [6.45, 7) is 12.3. The summed E-state index contributed by atoms with van der Waals surface area (Å²) in [5.41, 5.74) is 1.41. The lowest BCUT2D eigenvalue weighted by Gasteiger charge is -2.39. The first kappa shape index (κ1) is 15.4. The minimum Gasteiger partial charge on any atom is -0.491 e. The van der Waals surface area contributed by atoms with Crippen molar-refractivity contribution in [3.05, 3.63) is 35.0 Å². The molecule has 0 aromatic heterocycles. The fraction of sp³-hybridized carbons (Fsp3) is 0.625. The first-order valence-electron chi connectivity index (χ1n) is 6.80. The monoisotopic (exact) mass is 266 g/mol. The fourth-order valence-corrected chi connectivity index (χ4v) is 2.56. The van der Waals surface area contributed by atoms with Gasteiger partial charge < -0.3 is 4.74 Å². The van der Waals surface area contributed by atoms with Crippen molar-refractivity contribution in [3.63, 3.8) is 0 Å². The van der Waals surface area contributed by atoms with Crippen LogP contribution in [0.3, 0.4) is 0 Å². The Bertz CT molecular complexity index is 367. The lowest BCUT2D eigenvalue weighted by atomic mass is 9.77. The topological polar surface area (TPSA) is 9.23 Å². The van der Waals surface area contributed by atoms with Gasteiger partial charge in [-0.25, -0.2) is 0 Å². The largest absolute Gasteiger partial charge is 0.491 e. The lowest BCUT2D eigenvalue weighted by molar-refractivity contribution is -0.0390. The van der Waals surface area contributed by atoms with E-state index >= 15 is 0 Å². The van der Waals surface area contributed by atoms with E-state index in [2.05, 4.69) is 46.1 Å². The Kier molecular flexibility index (Phi) is 5.58. The number of allylic oxidation sites excluding steroid dienone is 4. The molecule has 0 heterocycles. The fourth-order valence-electron chi connectivity index (χ4n) is 2.51. The Hall–Kier alpha value is -0.630. The first-order chi connectivity index (χ1) is 8.42. The quantitative estimate of drug-likeness (QED) is 0.309. The van der Waals surface area contributed by atoms with Crippen molar-refractivity contribution in [2.45, 2.75) is 59.0 Å². The van der Waals surface area contributed by atoms with Crippen molar-refractivity contribution in [1.82, 2.24) is 0 Å². The summed E-state index contributed by atoms with van der Waals surface area (Å²) in [7, 11) is 0. The van der Waals surface area contributed by atoms with E-state index in [0.29, 0.717) is 5.92 Å². The molecule has 0 unspecified atom stereocenters. The van der Waals surface area contributed by atoms with Gasteiger partial charge in [-0.2, -0.15) is 0 Å². The second kappa shape index (κ2) is 6.51. The third kappa shape index (κ3) is 3.68. The van der Waals surface area contributed by atoms with Gasteiger partial charge in [0.05, 0.1) is 0 Å². The molecule has 1 nitrogen and oxygen atoms in total. The summed E-state index contributed by atoms with van der Waals surface area (Å²) in [6.07, 6.45) is 8.65. The maximum absolute atomic E-state index is 6.22. The molecule has 0 aromatic rings. The van der Waals surface area contributed by atoms with Crippen molar-refractivity contribution < 1.29 is 4.74 Å². The molecule has 0 radical (unpaired) electrons. The van der Waals surface area contributed by atoms with E-state index in [1.807, 2.05) is 6.92 Å². The third-order valence-electron chi connectivity index (χ3n) is 4.14. The van der Waals surface area contributed by atoms with Crippen LogP contribution in [-0.4, -0.2) is 5.60 Å². The minimum absolute atomic E-state index is 0.0989. The highest BCUT2D eigenvalue weighted by atomic mass is 32.1. The predicted molar refractivity (Wildman–Crippen MR) is 82.8 cm³/mol. The zero-order valence-corrected chi connectivity index (χ0v) is 13.0. The highest BCUT2D eigenvalue weighted by Crippen LogP contribution is 2.38. The molecule has 1 aliphatic rings.